The third kappa shape index (κ3) is 4.67. The number of piperazine rings is 1. The first kappa shape index (κ1) is 21.1. The highest BCUT2D eigenvalue weighted by Crippen LogP contribution is 2.30. The summed E-state index contributed by atoms with van der Waals surface area (Å²) in [4.78, 5) is 18.2. The molecule has 2 aliphatic heterocycles. The molecule has 0 spiro atoms. The van der Waals surface area contributed by atoms with Gasteiger partial charge in [0, 0.05) is 39.1 Å². The number of rotatable bonds is 6. The predicted molar refractivity (Wildman–Crippen MR) is 125 cm³/mol. The number of nitrogens with zero attached hydrogens (tertiary/aromatic N) is 4. The Labute approximate surface area is 189 Å². The molecule has 1 saturated carbocycles. The molecule has 3 aliphatic rings. The van der Waals surface area contributed by atoms with Crippen molar-refractivity contribution < 1.29 is 9.47 Å². The second-order valence-corrected chi connectivity index (χ2v) is 8.95. The minimum absolute atomic E-state index is 0.109. The Hall–Kier alpha value is -2.80. The van der Waals surface area contributed by atoms with Crippen molar-refractivity contribution in [2.45, 2.75) is 44.6 Å². The molecule has 170 valence electrons. The summed E-state index contributed by atoms with van der Waals surface area (Å²) in [6, 6.07) is 9.58. The van der Waals surface area contributed by atoms with Crippen LogP contribution in [0.25, 0.3) is 5.69 Å². The van der Waals surface area contributed by atoms with Gasteiger partial charge in [0.05, 0.1) is 30.9 Å². The maximum absolute atomic E-state index is 13.5. The molecule has 0 N–H and O–H groups in total. The lowest BCUT2D eigenvalue weighted by Crippen LogP contribution is -2.47. The first-order chi connectivity index (χ1) is 15.8. The fourth-order valence-corrected chi connectivity index (χ4v) is 4.84. The molecule has 0 unspecified atom stereocenters. The predicted octanol–water partition coefficient (Wildman–Crippen LogP) is 3.37. The first-order valence-corrected chi connectivity index (χ1v) is 11.9. The molecule has 1 aliphatic carbocycles. The molecule has 5 rings (SSSR count). The standard InChI is InChI=1S/C25H32N4O3/c30-25-24(32-22-9-5-2-6-10-22)23(17-26-29(25)21-7-3-1-4-8-21)28-14-12-27(13-15-28)18-20-11-16-31-19-20/h1,3-4,7-8,17,19,22H,2,5-6,9-16,18H2. The number of aromatic nitrogens is 2. The zero-order chi connectivity index (χ0) is 21.8. The highest BCUT2D eigenvalue weighted by molar-refractivity contribution is 5.57. The van der Waals surface area contributed by atoms with Crippen LogP contribution in [-0.2, 0) is 4.74 Å². The van der Waals surface area contributed by atoms with Crippen molar-refractivity contribution in [3.8, 4) is 11.4 Å². The molecular weight excluding hydrogens is 404 g/mol. The van der Waals surface area contributed by atoms with E-state index >= 15 is 0 Å². The highest BCUT2D eigenvalue weighted by Gasteiger charge is 2.26. The van der Waals surface area contributed by atoms with Gasteiger partial charge in [-0.2, -0.15) is 9.78 Å². The van der Waals surface area contributed by atoms with Gasteiger partial charge in [-0.3, -0.25) is 9.69 Å². The Morgan fingerprint density at radius 3 is 2.53 bits per heavy atom. The summed E-state index contributed by atoms with van der Waals surface area (Å²) in [5.41, 5.74) is 2.78. The van der Waals surface area contributed by atoms with Crippen molar-refractivity contribution in [1.82, 2.24) is 14.7 Å². The van der Waals surface area contributed by atoms with E-state index in [-0.39, 0.29) is 11.7 Å². The lowest BCUT2D eigenvalue weighted by atomic mass is 9.98. The molecule has 0 amide bonds. The second kappa shape index (κ2) is 9.77. The largest absolute Gasteiger partial charge is 0.501 e. The van der Waals surface area contributed by atoms with E-state index in [0.29, 0.717) is 5.75 Å². The van der Waals surface area contributed by atoms with Crippen LogP contribution >= 0.6 is 0 Å². The van der Waals surface area contributed by atoms with Crippen LogP contribution in [0.15, 0.2) is 53.2 Å². The molecule has 2 aromatic rings. The average Bonchev–Trinajstić information content (AvgIpc) is 3.35. The van der Waals surface area contributed by atoms with Crippen molar-refractivity contribution in [3.05, 3.63) is 58.7 Å². The third-order valence-corrected chi connectivity index (χ3v) is 6.68. The van der Waals surface area contributed by atoms with Crippen LogP contribution in [0.2, 0.25) is 0 Å². The zero-order valence-electron chi connectivity index (χ0n) is 18.6. The van der Waals surface area contributed by atoms with Gasteiger partial charge < -0.3 is 14.4 Å². The van der Waals surface area contributed by atoms with Gasteiger partial charge in [0.25, 0.3) is 0 Å². The van der Waals surface area contributed by atoms with E-state index in [1.807, 2.05) is 42.8 Å². The average molecular weight is 437 g/mol. The van der Waals surface area contributed by atoms with Gasteiger partial charge in [-0.15, -0.1) is 0 Å². The van der Waals surface area contributed by atoms with E-state index in [0.717, 1.165) is 82.8 Å². The summed E-state index contributed by atoms with van der Waals surface area (Å²) in [7, 11) is 0. The Balaban J connectivity index is 1.38. The summed E-state index contributed by atoms with van der Waals surface area (Å²) in [6.07, 6.45) is 10.5. The van der Waals surface area contributed by atoms with Gasteiger partial charge in [-0.05, 0) is 43.4 Å². The lowest BCUT2D eigenvalue weighted by Gasteiger charge is -2.37. The van der Waals surface area contributed by atoms with Gasteiger partial charge >= 0.3 is 5.56 Å². The van der Waals surface area contributed by atoms with Crippen LogP contribution in [0.1, 0.15) is 38.5 Å². The Bertz CT molecular complexity index is 990. The molecule has 32 heavy (non-hydrogen) atoms. The highest BCUT2D eigenvalue weighted by atomic mass is 16.5. The molecule has 3 heterocycles. The van der Waals surface area contributed by atoms with Crippen LogP contribution in [0.3, 0.4) is 0 Å². The van der Waals surface area contributed by atoms with Crippen molar-refractivity contribution in [2.24, 2.45) is 0 Å². The normalized spacial score (nSPS) is 20.1. The van der Waals surface area contributed by atoms with Gasteiger partial charge in [0.2, 0.25) is 5.75 Å². The Morgan fingerprint density at radius 1 is 1.03 bits per heavy atom. The van der Waals surface area contributed by atoms with Crippen LogP contribution in [0.4, 0.5) is 5.69 Å². The molecule has 0 radical (unpaired) electrons. The molecular formula is C25H32N4O3. The topological polar surface area (TPSA) is 59.8 Å². The molecule has 7 nitrogen and oxygen atoms in total. The summed E-state index contributed by atoms with van der Waals surface area (Å²) in [6.45, 7) is 5.37. The summed E-state index contributed by atoms with van der Waals surface area (Å²) in [5, 5.41) is 4.52. The number of ether oxygens (including phenoxy) is 2. The Kier molecular flexibility index (Phi) is 6.44. The van der Waals surface area contributed by atoms with Crippen LogP contribution in [0, 0.1) is 0 Å². The fraction of sp³-hybridized carbons (Fsp3) is 0.520. The quantitative estimate of drug-likeness (QED) is 0.692. The molecule has 2 fully saturated rings. The van der Waals surface area contributed by atoms with Gasteiger partial charge in [-0.25, -0.2) is 0 Å². The van der Waals surface area contributed by atoms with Crippen molar-refractivity contribution >= 4 is 5.69 Å². The SMILES string of the molecule is O=c1c(OC2CCCCC2)c(N2CCN(CC3=COCC3)CC2)cnn1-c1ccccc1. The lowest BCUT2D eigenvalue weighted by molar-refractivity contribution is 0.152. The number of anilines is 1. The van der Waals surface area contributed by atoms with E-state index in [2.05, 4.69) is 14.9 Å². The molecule has 0 atom stereocenters. The zero-order valence-corrected chi connectivity index (χ0v) is 18.6. The van der Waals surface area contributed by atoms with Gasteiger partial charge in [0.15, 0.2) is 0 Å². The van der Waals surface area contributed by atoms with E-state index in [4.69, 9.17) is 9.47 Å². The summed E-state index contributed by atoms with van der Waals surface area (Å²) >= 11 is 0. The molecule has 1 aromatic carbocycles. The fourth-order valence-electron chi connectivity index (χ4n) is 4.84. The van der Waals surface area contributed by atoms with E-state index in [1.54, 1.807) is 0 Å². The molecule has 7 heteroatoms. The van der Waals surface area contributed by atoms with Crippen molar-refractivity contribution in [3.63, 3.8) is 0 Å². The first-order valence-electron chi connectivity index (χ1n) is 11.9. The van der Waals surface area contributed by atoms with E-state index < -0.39 is 0 Å². The maximum Gasteiger partial charge on any atom is 0.316 e. The number of benzene rings is 1. The summed E-state index contributed by atoms with van der Waals surface area (Å²) < 4.78 is 13.3. The smallest absolute Gasteiger partial charge is 0.316 e. The van der Waals surface area contributed by atoms with Crippen LogP contribution in [0.5, 0.6) is 5.75 Å². The molecule has 1 aromatic heterocycles. The molecule has 1 saturated heterocycles. The van der Waals surface area contributed by atoms with Gasteiger partial charge in [-0.1, -0.05) is 24.6 Å². The Morgan fingerprint density at radius 2 is 1.81 bits per heavy atom. The number of para-hydroxylation sites is 1. The van der Waals surface area contributed by atoms with Crippen molar-refractivity contribution in [2.75, 3.05) is 44.2 Å². The summed E-state index contributed by atoms with van der Waals surface area (Å²) in [5.74, 6) is 0.455. The van der Waals surface area contributed by atoms with E-state index in [9.17, 15) is 4.79 Å². The van der Waals surface area contributed by atoms with Crippen LogP contribution < -0.4 is 15.2 Å². The monoisotopic (exact) mass is 436 g/mol. The maximum atomic E-state index is 13.5. The molecule has 0 bridgehead atoms. The van der Waals surface area contributed by atoms with E-state index in [1.165, 1.54) is 16.7 Å². The number of hydrogen-bond acceptors (Lipinski definition) is 6. The number of hydrogen-bond donors (Lipinski definition) is 0. The van der Waals surface area contributed by atoms with Gasteiger partial charge in [0.1, 0.15) is 5.69 Å². The minimum Gasteiger partial charge on any atom is -0.501 e. The van der Waals surface area contributed by atoms with Crippen LogP contribution in [-0.4, -0.2) is 60.1 Å². The van der Waals surface area contributed by atoms with Crippen molar-refractivity contribution in [1.29, 1.82) is 0 Å². The third-order valence-electron chi connectivity index (χ3n) is 6.68. The second-order valence-electron chi connectivity index (χ2n) is 8.95. The minimum atomic E-state index is -0.171.